The highest BCUT2D eigenvalue weighted by molar-refractivity contribution is 7.19. The molecule has 34 heavy (non-hydrogen) atoms. The van der Waals surface area contributed by atoms with Crippen LogP contribution >= 0.6 is 11.3 Å². The van der Waals surface area contributed by atoms with Gasteiger partial charge in [0, 0.05) is 29.1 Å². The Bertz CT molecular complexity index is 1460. The number of hydrogen-bond acceptors (Lipinski definition) is 6. The molecule has 0 saturated heterocycles. The maximum Gasteiger partial charge on any atom is 0.335 e. The Kier molecular flexibility index (Phi) is 6.24. The first-order valence-electron chi connectivity index (χ1n) is 10.2. The van der Waals surface area contributed by atoms with Crippen molar-refractivity contribution in [2.75, 3.05) is 5.32 Å². The number of carboxylic acid groups (broad SMARTS) is 2. The van der Waals surface area contributed by atoms with Crippen LogP contribution in [0.4, 0.5) is 5.69 Å². The smallest absolute Gasteiger partial charge is 0.335 e. The monoisotopic (exact) mass is 477 g/mol. The van der Waals surface area contributed by atoms with Crippen LogP contribution in [0.5, 0.6) is 0 Å². The lowest BCUT2D eigenvalue weighted by molar-refractivity contribution is -0.116. The van der Waals surface area contributed by atoms with Gasteiger partial charge in [0.25, 0.3) is 5.56 Å². The molecule has 1 amide bonds. The van der Waals surface area contributed by atoms with Crippen molar-refractivity contribution in [3.8, 4) is 11.1 Å². The number of hydrogen-bond donors (Lipinski definition) is 3. The summed E-state index contributed by atoms with van der Waals surface area (Å²) in [5, 5.41) is 21.3. The van der Waals surface area contributed by atoms with E-state index in [9.17, 15) is 29.4 Å². The molecule has 0 unspecified atom stereocenters. The first-order valence-corrected chi connectivity index (χ1v) is 11.0. The number of benzene rings is 2. The number of carbonyl (C=O) groups excluding carboxylic acids is 1. The van der Waals surface area contributed by atoms with E-state index in [4.69, 9.17) is 0 Å². The lowest BCUT2D eigenvalue weighted by Gasteiger charge is -2.09. The molecule has 0 spiro atoms. The highest BCUT2D eigenvalue weighted by Gasteiger charge is 2.17. The number of amides is 1. The number of aromatic carboxylic acids is 2. The number of nitrogens with zero attached hydrogens (tertiary/aromatic N) is 2. The Morgan fingerprint density at radius 2 is 1.68 bits per heavy atom. The average Bonchev–Trinajstić information content (AvgIpc) is 3.15. The summed E-state index contributed by atoms with van der Waals surface area (Å²) < 4.78 is 1.36. The van der Waals surface area contributed by atoms with Crippen molar-refractivity contribution in [3.63, 3.8) is 0 Å². The van der Waals surface area contributed by atoms with Gasteiger partial charge in [0.15, 0.2) is 0 Å². The van der Waals surface area contributed by atoms with Crippen LogP contribution in [0, 0.1) is 6.92 Å². The summed E-state index contributed by atoms with van der Waals surface area (Å²) in [6.07, 6.45) is 1.30. The summed E-state index contributed by atoms with van der Waals surface area (Å²) in [5.41, 5.74) is 0.992. The standard InChI is InChI=1S/C24H19N3O6S/c1-13-19(14-5-3-2-4-6-14)20-21(34-13)25-12-27(22(20)29)8-7-18(28)26-17-10-15(23(30)31)9-16(11-17)24(32)33/h2-6,9-12H,7-8H2,1H3,(H,26,28)(H,30,31)(H,32,33). The number of carboxylic acids is 2. The van der Waals surface area contributed by atoms with Crippen LogP contribution in [0.3, 0.4) is 0 Å². The van der Waals surface area contributed by atoms with Crippen molar-refractivity contribution in [1.82, 2.24) is 9.55 Å². The van der Waals surface area contributed by atoms with E-state index in [1.54, 1.807) is 0 Å². The summed E-state index contributed by atoms with van der Waals surface area (Å²) >= 11 is 1.43. The van der Waals surface area contributed by atoms with E-state index in [0.29, 0.717) is 10.2 Å². The van der Waals surface area contributed by atoms with Gasteiger partial charge in [0.1, 0.15) is 4.83 Å². The van der Waals surface area contributed by atoms with E-state index < -0.39 is 17.8 Å². The molecular weight excluding hydrogens is 458 g/mol. The van der Waals surface area contributed by atoms with Crippen molar-refractivity contribution in [1.29, 1.82) is 0 Å². The largest absolute Gasteiger partial charge is 0.478 e. The van der Waals surface area contributed by atoms with Crippen molar-refractivity contribution in [2.24, 2.45) is 0 Å². The number of carbonyl (C=O) groups is 3. The number of nitrogens with one attached hydrogen (secondary N) is 1. The fourth-order valence-electron chi connectivity index (χ4n) is 3.64. The zero-order chi connectivity index (χ0) is 24.4. The van der Waals surface area contributed by atoms with Gasteiger partial charge in [0.05, 0.1) is 22.8 Å². The van der Waals surface area contributed by atoms with Crippen LogP contribution in [0.15, 0.2) is 59.7 Å². The van der Waals surface area contributed by atoms with Crippen molar-refractivity contribution >= 4 is 45.1 Å². The molecule has 10 heteroatoms. The van der Waals surface area contributed by atoms with E-state index in [1.165, 1.54) is 34.4 Å². The van der Waals surface area contributed by atoms with Gasteiger partial charge in [-0.2, -0.15) is 0 Å². The normalized spacial score (nSPS) is 10.9. The third-order valence-electron chi connectivity index (χ3n) is 5.21. The maximum atomic E-state index is 13.2. The van der Waals surface area contributed by atoms with Crippen LogP contribution in [-0.4, -0.2) is 37.6 Å². The van der Waals surface area contributed by atoms with Gasteiger partial charge in [-0.25, -0.2) is 14.6 Å². The minimum atomic E-state index is -1.31. The maximum absolute atomic E-state index is 13.2. The lowest BCUT2D eigenvalue weighted by atomic mass is 10.0. The molecule has 0 aliphatic heterocycles. The third kappa shape index (κ3) is 4.57. The Morgan fingerprint density at radius 1 is 1.03 bits per heavy atom. The van der Waals surface area contributed by atoms with E-state index >= 15 is 0 Å². The lowest BCUT2D eigenvalue weighted by Crippen LogP contribution is -2.23. The summed E-state index contributed by atoms with van der Waals surface area (Å²) in [5.74, 6) is -3.13. The molecule has 0 aliphatic rings. The zero-order valence-corrected chi connectivity index (χ0v) is 18.8. The van der Waals surface area contributed by atoms with Crippen LogP contribution in [0.2, 0.25) is 0 Å². The number of thiophene rings is 1. The molecule has 172 valence electrons. The minimum absolute atomic E-state index is 0.0428. The molecule has 4 aromatic rings. The minimum Gasteiger partial charge on any atom is -0.478 e. The fraction of sp³-hybridized carbons (Fsp3) is 0.125. The fourth-order valence-corrected chi connectivity index (χ4v) is 4.64. The summed E-state index contributed by atoms with van der Waals surface area (Å²) in [6.45, 7) is 1.98. The molecule has 0 fully saturated rings. The van der Waals surface area contributed by atoms with Gasteiger partial charge < -0.3 is 15.5 Å². The van der Waals surface area contributed by atoms with Crippen molar-refractivity contribution in [2.45, 2.75) is 19.9 Å². The quantitative estimate of drug-likeness (QED) is 0.367. The molecular formula is C24H19N3O6S. The summed E-state index contributed by atoms with van der Waals surface area (Å²) in [4.78, 5) is 54.2. The van der Waals surface area contributed by atoms with E-state index in [0.717, 1.165) is 22.1 Å². The van der Waals surface area contributed by atoms with Gasteiger partial charge in [-0.05, 0) is 30.7 Å². The molecule has 9 nitrogen and oxygen atoms in total. The molecule has 0 bridgehead atoms. The SMILES string of the molecule is Cc1sc2ncn(CCC(=O)Nc3cc(C(=O)O)cc(C(=O)O)c3)c(=O)c2c1-c1ccccc1. The molecule has 2 aromatic heterocycles. The van der Waals surface area contributed by atoms with E-state index in [-0.39, 0.29) is 35.3 Å². The third-order valence-corrected chi connectivity index (χ3v) is 6.22. The number of rotatable bonds is 7. The van der Waals surface area contributed by atoms with E-state index in [1.807, 2.05) is 37.3 Å². The predicted molar refractivity (Wildman–Crippen MR) is 128 cm³/mol. The average molecular weight is 477 g/mol. The van der Waals surface area contributed by atoms with Gasteiger partial charge >= 0.3 is 11.9 Å². The molecule has 3 N–H and O–H groups in total. The van der Waals surface area contributed by atoms with Crippen molar-refractivity contribution in [3.05, 3.63) is 81.2 Å². The second kappa shape index (κ2) is 9.28. The number of anilines is 1. The number of fused-ring (bicyclic) bond motifs is 1. The van der Waals surface area contributed by atoms with Crippen LogP contribution in [0.25, 0.3) is 21.3 Å². The molecule has 2 heterocycles. The number of aryl methyl sites for hydroxylation is 2. The Morgan fingerprint density at radius 3 is 2.29 bits per heavy atom. The molecule has 4 rings (SSSR count). The van der Waals surface area contributed by atoms with Crippen LogP contribution in [0.1, 0.15) is 32.0 Å². The molecule has 0 atom stereocenters. The summed E-state index contributed by atoms with van der Waals surface area (Å²) in [7, 11) is 0. The molecule has 0 saturated carbocycles. The second-order valence-electron chi connectivity index (χ2n) is 7.53. The Hall–Kier alpha value is -4.31. The second-order valence-corrected chi connectivity index (χ2v) is 8.73. The highest BCUT2D eigenvalue weighted by Crippen LogP contribution is 2.35. The first-order chi connectivity index (χ1) is 16.2. The van der Waals surface area contributed by atoms with Gasteiger partial charge in [-0.1, -0.05) is 30.3 Å². The topological polar surface area (TPSA) is 139 Å². The Labute approximate surface area is 196 Å². The van der Waals surface area contributed by atoms with Crippen molar-refractivity contribution < 1.29 is 24.6 Å². The van der Waals surface area contributed by atoms with E-state index in [2.05, 4.69) is 10.3 Å². The first kappa shape index (κ1) is 22.9. The highest BCUT2D eigenvalue weighted by atomic mass is 32.1. The van der Waals surface area contributed by atoms with Gasteiger partial charge in [-0.3, -0.25) is 14.2 Å². The number of aromatic nitrogens is 2. The molecule has 0 aliphatic carbocycles. The Balaban J connectivity index is 1.57. The molecule has 2 aromatic carbocycles. The molecule has 0 radical (unpaired) electrons. The van der Waals surface area contributed by atoms with Crippen LogP contribution < -0.4 is 10.9 Å². The summed E-state index contributed by atoms with van der Waals surface area (Å²) in [6, 6.07) is 12.9. The zero-order valence-electron chi connectivity index (χ0n) is 17.9. The predicted octanol–water partition coefficient (Wildman–Crippen LogP) is 3.86. The van der Waals surface area contributed by atoms with Gasteiger partial charge in [0.2, 0.25) is 5.91 Å². The van der Waals surface area contributed by atoms with Gasteiger partial charge in [-0.15, -0.1) is 11.3 Å². The van der Waals surface area contributed by atoms with Crippen LogP contribution in [-0.2, 0) is 11.3 Å².